The summed E-state index contributed by atoms with van der Waals surface area (Å²) in [6.07, 6.45) is -3.54. The van der Waals surface area contributed by atoms with Crippen molar-refractivity contribution < 1.29 is 32.2 Å². The van der Waals surface area contributed by atoms with Crippen LogP contribution in [0.1, 0.15) is 49.6 Å². The van der Waals surface area contributed by atoms with Gasteiger partial charge in [-0.15, -0.1) is 10.2 Å². The van der Waals surface area contributed by atoms with Crippen LogP contribution in [0.15, 0.2) is 42.5 Å². The molecule has 3 aromatic rings. The molecule has 176 valence electrons. The molecule has 5 rings (SSSR count). The number of rotatable bonds is 4. The summed E-state index contributed by atoms with van der Waals surface area (Å²) in [6.45, 7) is 0.393. The summed E-state index contributed by atoms with van der Waals surface area (Å²) >= 11 is 1.00. The number of amides is 2. The van der Waals surface area contributed by atoms with Crippen molar-refractivity contribution in [1.82, 2.24) is 15.1 Å². The van der Waals surface area contributed by atoms with E-state index in [9.17, 15) is 22.8 Å². The summed E-state index contributed by atoms with van der Waals surface area (Å²) in [6, 6.07) is 9.10. The van der Waals surface area contributed by atoms with Gasteiger partial charge in [0.25, 0.3) is 11.8 Å². The van der Waals surface area contributed by atoms with Crippen molar-refractivity contribution in [3.05, 3.63) is 63.6 Å². The van der Waals surface area contributed by atoms with E-state index in [0.717, 1.165) is 17.4 Å². The van der Waals surface area contributed by atoms with E-state index in [0.29, 0.717) is 35.0 Å². The van der Waals surface area contributed by atoms with Crippen molar-refractivity contribution in [1.29, 1.82) is 0 Å². The highest BCUT2D eigenvalue weighted by atomic mass is 32.1. The normalized spacial score (nSPS) is 17.1. The number of nitrogens with one attached hydrogen (secondary N) is 1. The standard InChI is InChI=1S/C22H17F3N4O4S/c23-22(24,25)14-5-2-1-4-13(14)21(31)29-9-3-6-15(29)19-27-28-20(34-19)18(30)26-12-7-8-16-17(10-12)33-11-32-16/h1-2,4-5,7-8,10,15H,3,6,9,11H2,(H,26,30). The predicted molar refractivity (Wildman–Crippen MR) is 115 cm³/mol. The number of benzene rings is 2. The number of hydrogen-bond acceptors (Lipinski definition) is 7. The number of carbonyl (C=O) groups excluding carboxylic acids is 2. The van der Waals surface area contributed by atoms with E-state index in [1.165, 1.54) is 23.1 Å². The van der Waals surface area contributed by atoms with Crippen molar-refractivity contribution >= 4 is 28.8 Å². The molecule has 34 heavy (non-hydrogen) atoms. The van der Waals surface area contributed by atoms with Crippen LogP contribution < -0.4 is 14.8 Å². The lowest BCUT2D eigenvalue weighted by atomic mass is 10.1. The van der Waals surface area contributed by atoms with Crippen LogP contribution in [-0.2, 0) is 6.18 Å². The SMILES string of the molecule is O=C(Nc1ccc2c(c1)OCO2)c1nnc(C2CCCN2C(=O)c2ccccc2C(F)(F)F)s1. The molecule has 1 unspecified atom stereocenters. The summed E-state index contributed by atoms with van der Waals surface area (Å²) in [5.41, 5.74) is -0.911. The molecular formula is C22H17F3N4O4S. The first-order valence-electron chi connectivity index (χ1n) is 10.3. The smallest absolute Gasteiger partial charge is 0.417 e. The summed E-state index contributed by atoms with van der Waals surface area (Å²) in [7, 11) is 0. The highest BCUT2D eigenvalue weighted by Crippen LogP contribution is 2.38. The van der Waals surface area contributed by atoms with Gasteiger partial charge in [-0.1, -0.05) is 23.5 Å². The summed E-state index contributed by atoms with van der Waals surface area (Å²) in [5, 5.41) is 11.2. The van der Waals surface area contributed by atoms with Gasteiger partial charge in [0.1, 0.15) is 5.01 Å². The zero-order valence-electron chi connectivity index (χ0n) is 17.5. The van der Waals surface area contributed by atoms with Crippen molar-refractivity contribution in [3.8, 4) is 11.5 Å². The third-order valence-electron chi connectivity index (χ3n) is 5.53. The van der Waals surface area contributed by atoms with Crippen LogP contribution >= 0.6 is 11.3 Å². The van der Waals surface area contributed by atoms with Crippen LogP contribution in [-0.4, -0.2) is 40.2 Å². The Morgan fingerprint density at radius 3 is 2.71 bits per heavy atom. The molecule has 12 heteroatoms. The Morgan fingerprint density at radius 1 is 1.09 bits per heavy atom. The minimum absolute atomic E-state index is 0.0719. The molecule has 2 aromatic carbocycles. The maximum atomic E-state index is 13.4. The van der Waals surface area contributed by atoms with Crippen LogP contribution in [0, 0.1) is 0 Å². The molecule has 8 nitrogen and oxygen atoms in total. The second-order valence-electron chi connectivity index (χ2n) is 7.67. The first kappa shape index (κ1) is 22.1. The predicted octanol–water partition coefficient (Wildman–Crippen LogP) is 4.52. The number of likely N-dealkylation sites (tertiary alicyclic amines) is 1. The lowest BCUT2D eigenvalue weighted by Crippen LogP contribution is -2.32. The Hall–Kier alpha value is -3.67. The number of halogens is 3. The lowest BCUT2D eigenvalue weighted by molar-refractivity contribution is -0.138. The number of fused-ring (bicyclic) bond motifs is 1. The van der Waals surface area contributed by atoms with Crippen LogP contribution in [0.25, 0.3) is 0 Å². The van der Waals surface area contributed by atoms with E-state index in [2.05, 4.69) is 15.5 Å². The third kappa shape index (κ3) is 4.16. The fourth-order valence-electron chi connectivity index (χ4n) is 3.96. The van der Waals surface area contributed by atoms with E-state index >= 15 is 0 Å². The Labute approximate surface area is 195 Å². The molecule has 3 heterocycles. The fraction of sp³-hybridized carbons (Fsp3) is 0.273. The number of alkyl halides is 3. The summed E-state index contributed by atoms with van der Waals surface area (Å²) in [4.78, 5) is 27.1. The topological polar surface area (TPSA) is 93.7 Å². The van der Waals surface area contributed by atoms with Crippen LogP contribution in [0.4, 0.5) is 18.9 Å². The van der Waals surface area contributed by atoms with E-state index < -0.39 is 35.2 Å². The van der Waals surface area contributed by atoms with Gasteiger partial charge in [0.2, 0.25) is 11.8 Å². The zero-order chi connectivity index (χ0) is 23.9. The molecule has 1 fully saturated rings. The molecule has 1 aromatic heterocycles. The number of ether oxygens (including phenoxy) is 2. The average Bonchev–Trinajstić information content (AvgIpc) is 3.57. The lowest BCUT2D eigenvalue weighted by Gasteiger charge is -2.24. The van der Waals surface area contributed by atoms with Gasteiger partial charge in [-0.25, -0.2) is 0 Å². The van der Waals surface area contributed by atoms with Gasteiger partial charge in [-0.05, 0) is 37.1 Å². The zero-order valence-corrected chi connectivity index (χ0v) is 18.3. The number of nitrogens with zero attached hydrogens (tertiary/aromatic N) is 3. The van der Waals surface area contributed by atoms with Gasteiger partial charge in [-0.3, -0.25) is 9.59 Å². The maximum absolute atomic E-state index is 13.4. The largest absolute Gasteiger partial charge is 0.454 e. The fourth-order valence-corrected chi connectivity index (χ4v) is 4.84. The van der Waals surface area contributed by atoms with Gasteiger partial charge >= 0.3 is 6.18 Å². The third-order valence-corrected chi connectivity index (χ3v) is 6.55. The number of anilines is 1. The summed E-state index contributed by atoms with van der Waals surface area (Å²) in [5.74, 6) is -0.137. The van der Waals surface area contributed by atoms with Crippen LogP contribution in [0.2, 0.25) is 0 Å². The second-order valence-corrected chi connectivity index (χ2v) is 8.68. The Morgan fingerprint density at radius 2 is 1.88 bits per heavy atom. The molecule has 0 bridgehead atoms. The van der Waals surface area contributed by atoms with Crippen molar-refractivity contribution in [3.63, 3.8) is 0 Å². The van der Waals surface area contributed by atoms with Gasteiger partial charge < -0.3 is 19.7 Å². The number of aromatic nitrogens is 2. The average molecular weight is 490 g/mol. The van der Waals surface area contributed by atoms with Crippen molar-refractivity contribution in [2.75, 3.05) is 18.7 Å². The molecule has 0 saturated carbocycles. The first-order valence-corrected chi connectivity index (χ1v) is 11.1. The van der Waals surface area contributed by atoms with Gasteiger partial charge in [-0.2, -0.15) is 13.2 Å². The minimum Gasteiger partial charge on any atom is -0.454 e. The highest BCUT2D eigenvalue weighted by molar-refractivity contribution is 7.13. The Kier molecular flexibility index (Phi) is 5.60. The minimum atomic E-state index is -4.65. The molecular weight excluding hydrogens is 473 g/mol. The molecule has 0 aliphatic carbocycles. The molecule has 0 spiro atoms. The first-order chi connectivity index (χ1) is 16.3. The molecule has 0 radical (unpaired) electrons. The summed E-state index contributed by atoms with van der Waals surface area (Å²) < 4.78 is 50.8. The highest BCUT2D eigenvalue weighted by Gasteiger charge is 2.39. The molecule has 1 N–H and O–H groups in total. The van der Waals surface area contributed by atoms with E-state index in [1.54, 1.807) is 18.2 Å². The number of hydrogen-bond donors (Lipinski definition) is 1. The van der Waals surface area contributed by atoms with Gasteiger partial charge in [0, 0.05) is 18.3 Å². The van der Waals surface area contributed by atoms with Crippen molar-refractivity contribution in [2.24, 2.45) is 0 Å². The second kappa shape index (κ2) is 8.60. The molecule has 2 amide bonds. The van der Waals surface area contributed by atoms with Gasteiger partial charge in [0.15, 0.2) is 11.5 Å². The number of carbonyl (C=O) groups is 2. The van der Waals surface area contributed by atoms with E-state index in [1.807, 2.05) is 0 Å². The Bertz CT molecular complexity index is 1260. The quantitative estimate of drug-likeness (QED) is 0.578. The molecule has 2 aliphatic rings. The maximum Gasteiger partial charge on any atom is 0.417 e. The van der Waals surface area contributed by atoms with Crippen molar-refractivity contribution in [2.45, 2.75) is 25.1 Å². The Balaban J connectivity index is 1.33. The van der Waals surface area contributed by atoms with Crippen LogP contribution in [0.3, 0.4) is 0 Å². The van der Waals surface area contributed by atoms with Gasteiger partial charge in [0.05, 0.1) is 17.2 Å². The van der Waals surface area contributed by atoms with E-state index in [4.69, 9.17) is 9.47 Å². The van der Waals surface area contributed by atoms with E-state index in [-0.39, 0.29) is 18.3 Å². The monoisotopic (exact) mass is 490 g/mol. The van der Waals surface area contributed by atoms with Crippen LogP contribution in [0.5, 0.6) is 11.5 Å². The molecule has 1 atom stereocenters. The molecule has 2 aliphatic heterocycles. The molecule has 1 saturated heterocycles.